The van der Waals surface area contributed by atoms with Crippen LogP contribution in [0, 0.1) is 5.92 Å². The maximum atomic E-state index is 9.90. The second-order valence-corrected chi connectivity index (χ2v) is 5.29. The average molecular weight is 327 g/mol. The molecule has 1 aliphatic rings. The van der Waals surface area contributed by atoms with Crippen molar-refractivity contribution in [3.8, 4) is 0 Å². The fraction of sp³-hybridized carbons (Fsp3) is 0.455. The molecule has 2 rings (SSSR count). The molecular formula is C11H14BrCl2NO. The molecule has 0 unspecified atom stereocenters. The molecule has 1 aliphatic carbocycles. The van der Waals surface area contributed by atoms with Crippen molar-refractivity contribution >= 4 is 39.9 Å². The predicted octanol–water partition coefficient (Wildman–Crippen LogP) is 3.30. The lowest BCUT2D eigenvalue weighted by molar-refractivity contribution is 0.122. The van der Waals surface area contributed by atoms with E-state index in [1.807, 2.05) is 12.1 Å². The van der Waals surface area contributed by atoms with Crippen molar-refractivity contribution < 1.29 is 5.11 Å². The van der Waals surface area contributed by atoms with Gasteiger partial charge in [-0.2, -0.15) is 0 Å². The highest BCUT2D eigenvalue weighted by atomic mass is 79.9. The van der Waals surface area contributed by atoms with E-state index in [9.17, 15) is 5.11 Å². The summed E-state index contributed by atoms with van der Waals surface area (Å²) in [6, 6.07) is 5.22. The Bertz CT molecular complexity index is 371. The largest absolute Gasteiger partial charge is 0.391 e. The topological polar surface area (TPSA) is 46.2 Å². The number of rotatable bonds is 3. The van der Waals surface area contributed by atoms with E-state index < -0.39 is 6.10 Å². The second kappa shape index (κ2) is 5.69. The summed E-state index contributed by atoms with van der Waals surface area (Å²) in [5.74, 6) is 0.384. The smallest absolute Gasteiger partial charge is 0.0760 e. The Hall–Kier alpha value is 0.200. The first-order valence-corrected chi connectivity index (χ1v) is 6.15. The third-order valence-corrected chi connectivity index (χ3v) is 4.02. The van der Waals surface area contributed by atoms with Gasteiger partial charge in [0.05, 0.1) is 17.2 Å². The zero-order chi connectivity index (χ0) is 11.0. The quantitative estimate of drug-likeness (QED) is 0.895. The Kier molecular flexibility index (Phi) is 5.08. The molecule has 0 aromatic heterocycles. The van der Waals surface area contributed by atoms with E-state index in [2.05, 4.69) is 15.9 Å². The van der Waals surface area contributed by atoms with Gasteiger partial charge in [-0.3, -0.25) is 0 Å². The van der Waals surface area contributed by atoms with Gasteiger partial charge in [0.25, 0.3) is 0 Å². The number of benzene rings is 1. The summed E-state index contributed by atoms with van der Waals surface area (Å²) >= 11 is 9.24. The predicted molar refractivity (Wildman–Crippen MR) is 72.1 cm³/mol. The standard InChI is InChI=1S/C11H13BrClNO.ClH/c12-8-5-7(3-4-9(8)13)10(14)11(15)6-1-2-6;/h3-6,10-11,15H,1-2,14H2;1H/t10-,11+;/m1./s1. The summed E-state index contributed by atoms with van der Waals surface area (Å²) in [6.07, 6.45) is 1.74. The fourth-order valence-electron chi connectivity index (χ4n) is 1.65. The van der Waals surface area contributed by atoms with Crippen molar-refractivity contribution in [3.63, 3.8) is 0 Å². The second-order valence-electron chi connectivity index (χ2n) is 4.03. The third kappa shape index (κ3) is 3.11. The first-order valence-electron chi connectivity index (χ1n) is 4.98. The van der Waals surface area contributed by atoms with Crippen LogP contribution in [0.5, 0.6) is 0 Å². The molecule has 0 bridgehead atoms. The van der Waals surface area contributed by atoms with Gasteiger partial charge in [0.2, 0.25) is 0 Å². The molecule has 1 fully saturated rings. The Morgan fingerprint density at radius 1 is 1.44 bits per heavy atom. The first-order chi connectivity index (χ1) is 7.09. The van der Waals surface area contributed by atoms with Gasteiger partial charge in [0.15, 0.2) is 0 Å². The molecule has 1 aromatic carbocycles. The first kappa shape index (κ1) is 14.3. The number of halogens is 3. The van der Waals surface area contributed by atoms with Crippen LogP contribution in [-0.4, -0.2) is 11.2 Å². The molecule has 0 spiro atoms. The minimum absolute atomic E-state index is 0. The summed E-state index contributed by atoms with van der Waals surface area (Å²) in [4.78, 5) is 0. The van der Waals surface area contributed by atoms with Crippen LogP contribution in [0.25, 0.3) is 0 Å². The monoisotopic (exact) mass is 325 g/mol. The van der Waals surface area contributed by atoms with Gasteiger partial charge in [0, 0.05) is 4.47 Å². The van der Waals surface area contributed by atoms with Gasteiger partial charge in [-0.1, -0.05) is 17.7 Å². The van der Waals surface area contributed by atoms with Crippen LogP contribution in [-0.2, 0) is 0 Å². The fourth-order valence-corrected chi connectivity index (χ4v) is 2.16. The van der Waals surface area contributed by atoms with Gasteiger partial charge in [-0.25, -0.2) is 0 Å². The van der Waals surface area contributed by atoms with Crippen LogP contribution in [0.2, 0.25) is 5.02 Å². The molecule has 0 saturated heterocycles. The molecule has 0 amide bonds. The molecule has 1 saturated carbocycles. The Morgan fingerprint density at radius 2 is 2.06 bits per heavy atom. The molecule has 3 N–H and O–H groups in total. The van der Waals surface area contributed by atoms with Gasteiger partial charge < -0.3 is 10.8 Å². The lowest BCUT2D eigenvalue weighted by Gasteiger charge is -2.19. The number of nitrogens with two attached hydrogens (primary N) is 1. The molecule has 0 heterocycles. The Morgan fingerprint density at radius 3 is 2.56 bits per heavy atom. The van der Waals surface area contributed by atoms with Crippen molar-refractivity contribution in [2.24, 2.45) is 11.7 Å². The summed E-state index contributed by atoms with van der Waals surface area (Å²) in [6.45, 7) is 0. The van der Waals surface area contributed by atoms with Gasteiger partial charge in [-0.15, -0.1) is 12.4 Å². The van der Waals surface area contributed by atoms with Crippen molar-refractivity contribution in [2.45, 2.75) is 25.0 Å². The normalized spacial score (nSPS) is 18.8. The lowest BCUT2D eigenvalue weighted by atomic mass is 9.99. The minimum Gasteiger partial charge on any atom is -0.391 e. The lowest BCUT2D eigenvalue weighted by Crippen LogP contribution is -2.27. The summed E-state index contributed by atoms with van der Waals surface area (Å²) in [5, 5.41) is 10.6. The van der Waals surface area contributed by atoms with Gasteiger partial charge in [-0.05, 0) is 52.4 Å². The van der Waals surface area contributed by atoms with Crippen molar-refractivity contribution in [1.29, 1.82) is 0 Å². The SMILES string of the molecule is Cl.N[C@H](c1ccc(Cl)c(Br)c1)[C@@H](O)C1CC1. The summed E-state index contributed by atoms with van der Waals surface area (Å²) in [5.41, 5.74) is 6.91. The highest BCUT2D eigenvalue weighted by Crippen LogP contribution is 2.38. The van der Waals surface area contributed by atoms with E-state index in [1.54, 1.807) is 6.07 Å². The number of hydrogen-bond donors (Lipinski definition) is 2. The van der Waals surface area contributed by atoms with Gasteiger partial charge >= 0.3 is 0 Å². The molecule has 90 valence electrons. The van der Waals surface area contributed by atoms with Crippen LogP contribution in [0.3, 0.4) is 0 Å². The minimum atomic E-state index is -0.432. The molecule has 0 radical (unpaired) electrons. The summed E-state index contributed by atoms with van der Waals surface area (Å²) < 4.78 is 0.820. The van der Waals surface area contributed by atoms with E-state index in [1.165, 1.54) is 0 Å². The maximum Gasteiger partial charge on any atom is 0.0760 e. The van der Waals surface area contributed by atoms with E-state index >= 15 is 0 Å². The van der Waals surface area contributed by atoms with Crippen LogP contribution in [0.15, 0.2) is 22.7 Å². The van der Waals surface area contributed by atoms with Crippen molar-refractivity contribution in [3.05, 3.63) is 33.3 Å². The average Bonchev–Trinajstić information content (AvgIpc) is 3.03. The van der Waals surface area contributed by atoms with Crippen LogP contribution in [0.1, 0.15) is 24.4 Å². The Labute approximate surface area is 115 Å². The third-order valence-electron chi connectivity index (χ3n) is 2.80. The molecule has 1 aromatic rings. The van der Waals surface area contributed by atoms with Gasteiger partial charge in [0.1, 0.15) is 0 Å². The van der Waals surface area contributed by atoms with Crippen LogP contribution in [0.4, 0.5) is 0 Å². The number of aliphatic hydroxyl groups is 1. The van der Waals surface area contributed by atoms with Crippen LogP contribution >= 0.6 is 39.9 Å². The maximum absolute atomic E-state index is 9.90. The highest BCUT2D eigenvalue weighted by molar-refractivity contribution is 9.10. The molecule has 0 aliphatic heterocycles. The van der Waals surface area contributed by atoms with E-state index in [0.717, 1.165) is 22.9 Å². The summed E-state index contributed by atoms with van der Waals surface area (Å²) in [7, 11) is 0. The van der Waals surface area contributed by atoms with Crippen molar-refractivity contribution in [2.75, 3.05) is 0 Å². The van der Waals surface area contributed by atoms with E-state index in [4.69, 9.17) is 17.3 Å². The molecule has 2 nitrogen and oxygen atoms in total. The zero-order valence-electron chi connectivity index (χ0n) is 8.57. The zero-order valence-corrected chi connectivity index (χ0v) is 11.7. The van der Waals surface area contributed by atoms with Crippen molar-refractivity contribution in [1.82, 2.24) is 0 Å². The number of aliphatic hydroxyl groups excluding tert-OH is 1. The highest BCUT2D eigenvalue weighted by Gasteiger charge is 2.34. The van der Waals surface area contributed by atoms with E-state index in [0.29, 0.717) is 10.9 Å². The molecule has 5 heteroatoms. The Balaban J connectivity index is 0.00000128. The molecule has 2 atom stereocenters. The molecular weight excluding hydrogens is 313 g/mol. The molecule has 16 heavy (non-hydrogen) atoms. The van der Waals surface area contributed by atoms with Crippen LogP contribution < -0.4 is 5.73 Å². The van der Waals surface area contributed by atoms with E-state index in [-0.39, 0.29) is 18.4 Å². The number of hydrogen-bond acceptors (Lipinski definition) is 2.